The van der Waals surface area contributed by atoms with Gasteiger partial charge in [-0.3, -0.25) is 4.79 Å². The summed E-state index contributed by atoms with van der Waals surface area (Å²) in [6.07, 6.45) is 9.14. The molecule has 0 amide bonds. The highest BCUT2D eigenvalue weighted by Crippen LogP contribution is 2.23. The van der Waals surface area contributed by atoms with Crippen LogP contribution in [-0.4, -0.2) is 5.78 Å². The van der Waals surface area contributed by atoms with Gasteiger partial charge in [-0.1, -0.05) is 54.4 Å². The number of allylic oxidation sites excluding steroid dienone is 4. The number of aryl methyl sites for hydroxylation is 1. The topological polar surface area (TPSA) is 17.1 Å². The third-order valence-electron chi connectivity index (χ3n) is 3.48. The number of hydrogen-bond donors (Lipinski definition) is 0. The highest BCUT2D eigenvalue weighted by atomic mass is 35.5. The number of carbonyl (C=O) groups is 1. The van der Waals surface area contributed by atoms with Gasteiger partial charge in [0.2, 0.25) is 0 Å². The minimum Gasteiger partial charge on any atom is -0.299 e. The van der Waals surface area contributed by atoms with Gasteiger partial charge < -0.3 is 0 Å². The molecule has 0 fully saturated rings. The van der Waals surface area contributed by atoms with Gasteiger partial charge in [-0.25, -0.2) is 0 Å². The van der Waals surface area contributed by atoms with Crippen molar-refractivity contribution in [2.75, 3.05) is 0 Å². The second-order valence-corrected chi connectivity index (χ2v) is 6.15. The van der Waals surface area contributed by atoms with E-state index in [0.717, 1.165) is 17.6 Å². The molecule has 3 heteroatoms. The molecule has 0 N–H and O–H groups in total. The lowest BCUT2D eigenvalue weighted by molar-refractivity contribution is -0.118. The quantitative estimate of drug-likeness (QED) is 0.711. The van der Waals surface area contributed by atoms with Crippen LogP contribution in [0.5, 0.6) is 0 Å². The molecule has 20 heavy (non-hydrogen) atoms. The second kappa shape index (κ2) is 7.10. The fourth-order valence-corrected chi connectivity index (χ4v) is 2.72. The van der Waals surface area contributed by atoms with Gasteiger partial charge in [0.1, 0.15) is 5.78 Å². The molecule has 0 radical (unpaired) electrons. The van der Waals surface area contributed by atoms with E-state index in [1.54, 1.807) is 12.1 Å². The molecule has 0 aliphatic heterocycles. The van der Waals surface area contributed by atoms with Crippen molar-refractivity contribution in [3.8, 4) is 0 Å². The van der Waals surface area contributed by atoms with Gasteiger partial charge in [0.25, 0.3) is 0 Å². The van der Waals surface area contributed by atoms with E-state index >= 15 is 0 Å². The van der Waals surface area contributed by atoms with E-state index in [-0.39, 0.29) is 5.78 Å². The van der Waals surface area contributed by atoms with Crippen LogP contribution >= 0.6 is 23.2 Å². The summed E-state index contributed by atoms with van der Waals surface area (Å²) >= 11 is 12.0. The third kappa shape index (κ3) is 4.50. The summed E-state index contributed by atoms with van der Waals surface area (Å²) in [5, 5.41) is 1.26. The van der Waals surface area contributed by atoms with Gasteiger partial charge in [-0.05, 0) is 42.0 Å². The van der Waals surface area contributed by atoms with Crippen molar-refractivity contribution in [2.24, 2.45) is 5.92 Å². The Kier molecular flexibility index (Phi) is 5.45. The maximum absolute atomic E-state index is 12.0. The Morgan fingerprint density at radius 2 is 2.15 bits per heavy atom. The maximum Gasteiger partial charge on any atom is 0.137 e. The number of carbonyl (C=O) groups excluding carboxylic acids is 1. The molecular formula is C17H18Cl2O. The van der Waals surface area contributed by atoms with Crippen molar-refractivity contribution < 1.29 is 4.79 Å². The van der Waals surface area contributed by atoms with E-state index in [0.29, 0.717) is 35.2 Å². The molecule has 2 rings (SSSR count). The van der Waals surface area contributed by atoms with Gasteiger partial charge in [0.05, 0.1) is 0 Å². The van der Waals surface area contributed by atoms with E-state index in [9.17, 15) is 4.79 Å². The molecule has 106 valence electrons. The first-order valence-electron chi connectivity index (χ1n) is 6.87. The standard InChI is InChI=1S/C17H18Cl2O/c1-12-2-4-13(5-3-12)10-16(20)9-7-14-6-8-15(18)11-17(14)19/h2,4-6,8,11-12H,3,7,9-10H2,1H3. The summed E-state index contributed by atoms with van der Waals surface area (Å²) in [5.41, 5.74) is 2.11. The van der Waals surface area contributed by atoms with Crippen molar-refractivity contribution in [2.45, 2.75) is 32.6 Å². The van der Waals surface area contributed by atoms with Crippen molar-refractivity contribution >= 4 is 29.0 Å². The molecule has 0 saturated carbocycles. The minimum absolute atomic E-state index is 0.251. The number of Topliss-reactive ketones (excluding diaryl/α,β-unsaturated/α-hetero) is 1. The maximum atomic E-state index is 12.0. The second-order valence-electron chi connectivity index (χ2n) is 5.30. The molecule has 0 spiro atoms. The van der Waals surface area contributed by atoms with Crippen molar-refractivity contribution in [1.82, 2.24) is 0 Å². The molecular weight excluding hydrogens is 291 g/mol. The lowest BCUT2D eigenvalue weighted by atomic mass is 9.94. The summed E-state index contributed by atoms with van der Waals surface area (Å²) in [6, 6.07) is 5.41. The smallest absolute Gasteiger partial charge is 0.137 e. The first kappa shape index (κ1) is 15.3. The molecule has 1 unspecified atom stereocenters. The molecule has 0 aromatic heterocycles. The van der Waals surface area contributed by atoms with E-state index in [2.05, 4.69) is 25.2 Å². The van der Waals surface area contributed by atoms with Crippen LogP contribution in [0.4, 0.5) is 0 Å². The van der Waals surface area contributed by atoms with Crippen LogP contribution < -0.4 is 0 Å². The van der Waals surface area contributed by atoms with Crippen molar-refractivity contribution in [1.29, 1.82) is 0 Å². The number of ketones is 1. The number of halogens is 2. The molecule has 1 aromatic carbocycles. The van der Waals surface area contributed by atoms with Gasteiger partial charge in [-0.2, -0.15) is 0 Å². The average Bonchev–Trinajstić information content (AvgIpc) is 2.40. The van der Waals surface area contributed by atoms with Crippen LogP contribution in [0.15, 0.2) is 42.0 Å². The first-order chi connectivity index (χ1) is 9.54. The molecule has 0 heterocycles. The molecule has 0 bridgehead atoms. The van der Waals surface area contributed by atoms with Crippen LogP contribution in [0.25, 0.3) is 0 Å². The summed E-state index contributed by atoms with van der Waals surface area (Å²) < 4.78 is 0. The average molecular weight is 309 g/mol. The lowest BCUT2D eigenvalue weighted by Crippen LogP contribution is -2.04. The highest BCUT2D eigenvalue weighted by molar-refractivity contribution is 6.35. The summed E-state index contributed by atoms with van der Waals surface area (Å²) in [4.78, 5) is 12.0. The van der Waals surface area contributed by atoms with Crippen molar-refractivity contribution in [3.63, 3.8) is 0 Å². The van der Waals surface area contributed by atoms with Crippen LogP contribution in [0, 0.1) is 5.92 Å². The Morgan fingerprint density at radius 3 is 2.80 bits per heavy atom. The molecule has 1 aliphatic carbocycles. The summed E-state index contributed by atoms with van der Waals surface area (Å²) in [5.74, 6) is 0.836. The predicted octanol–water partition coefficient (Wildman–Crippen LogP) is 5.41. The SMILES string of the molecule is CC1C=CC(CC(=O)CCc2ccc(Cl)cc2Cl)=CC1. The molecule has 1 aromatic rings. The summed E-state index contributed by atoms with van der Waals surface area (Å²) in [7, 11) is 0. The third-order valence-corrected chi connectivity index (χ3v) is 4.07. The number of benzene rings is 1. The number of hydrogen-bond acceptors (Lipinski definition) is 1. The van der Waals surface area contributed by atoms with Gasteiger partial charge in [-0.15, -0.1) is 0 Å². The fourth-order valence-electron chi connectivity index (χ4n) is 2.22. The van der Waals surface area contributed by atoms with Gasteiger partial charge >= 0.3 is 0 Å². The van der Waals surface area contributed by atoms with E-state index < -0.39 is 0 Å². The summed E-state index contributed by atoms with van der Waals surface area (Å²) in [6.45, 7) is 2.17. The zero-order valence-electron chi connectivity index (χ0n) is 11.5. The highest BCUT2D eigenvalue weighted by Gasteiger charge is 2.10. The Morgan fingerprint density at radius 1 is 1.35 bits per heavy atom. The van der Waals surface area contributed by atoms with Crippen LogP contribution in [0.1, 0.15) is 31.7 Å². The Hall–Kier alpha value is -1.05. The molecule has 0 saturated heterocycles. The minimum atomic E-state index is 0.251. The first-order valence-corrected chi connectivity index (χ1v) is 7.63. The normalized spacial score (nSPS) is 17.9. The van der Waals surface area contributed by atoms with E-state index in [4.69, 9.17) is 23.2 Å². The van der Waals surface area contributed by atoms with Crippen LogP contribution in [0.2, 0.25) is 10.0 Å². The molecule has 1 atom stereocenters. The van der Waals surface area contributed by atoms with Gasteiger partial charge in [0, 0.05) is 22.9 Å². The lowest BCUT2D eigenvalue weighted by Gasteiger charge is -2.11. The van der Waals surface area contributed by atoms with E-state index in [1.807, 2.05) is 6.07 Å². The Bertz CT molecular complexity index is 558. The molecule has 1 aliphatic rings. The zero-order valence-corrected chi connectivity index (χ0v) is 13.0. The Balaban J connectivity index is 1.85. The zero-order chi connectivity index (χ0) is 14.5. The van der Waals surface area contributed by atoms with Gasteiger partial charge in [0.15, 0.2) is 0 Å². The van der Waals surface area contributed by atoms with Crippen molar-refractivity contribution in [3.05, 3.63) is 57.6 Å². The molecule has 1 nitrogen and oxygen atoms in total. The Labute approximate surface area is 130 Å². The van der Waals surface area contributed by atoms with E-state index in [1.165, 1.54) is 0 Å². The van der Waals surface area contributed by atoms with Crippen LogP contribution in [-0.2, 0) is 11.2 Å². The van der Waals surface area contributed by atoms with Crippen LogP contribution in [0.3, 0.4) is 0 Å². The fraction of sp³-hybridized carbons (Fsp3) is 0.353. The largest absolute Gasteiger partial charge is 0.299 e. The predicted molar refractivity (Wildman–Crippen MR) is 85.4 cm³/mol. The number of rotatable bonds is 5. The monoisotopic (exact) mass is 308 g/mol.